The second kappa shape index (κ2) is 8.17. The minimum Gasteiger partial charge on any atom is -0.457 e. The molecule has 3 amide bonds. The van der Waals surface area contributed by atoms with E-state index in [9.17, 15) is 14.4 Å². The molecule has 6 atom stereocenters. The summed E-state index contributed by atoms with van der Waals surface area (Å²) in [6, 6.07) is 21.7. The van der Waals surface area contributed by atoms with Crippen molar-refractivity contribution < 1.29 is 19.1 Å². The van der Waals surface area contributed by atoms with E-state index in [1.807, 2.05) is 31.2 Å². The van der Waals surface area contributed by atoms with Crippen molar-refractivity contribution in [3.8, 4) is 11.5 Å². The zero-order chi connectivity index (χ0) is 25.3. The van der Waals surface area contributed by atoms with Crippen LogP contribution in [0.1, 0.15) is 22.3 Å². The third kappa shape index (κ3) is 3.58. The first-order valence-corrected chi connectivity index (χ1v) is 12.8. The Bertz CT molecular complexity index is 1420. The minimum absolute atomic E-state index is 0.124. The number of ether oxygens (including phenoxy) is 1. The van der Waals surface area contributed by atoms with Crippen molar-refractivity contribution in [2.75, 3.05) is 10.2 Å². The molecule has 6 heteroatoms. The van der Waals surface area contributed by atoms with Gasteiger partial charge in [0.15, 0.2) is 0 Å². The molecule has 2 bridgehead atoms. The van der Waals surface area contributed by atoms with Gasteiger partial charge in [-0.15, -0.1) is 0 Å². The number of aryl methyl sites for hydroxylation is 1. The molecule has 8 rings (SSSR count). The molecule has 0 unspecified atom stereocenters. The Kier molecular flexibility index (Phi) is 4.86. The lowest BCUT2D eigenvalue weighted by molar-refractivity contribution is -0.124. The van der Waals surface area contributed by atoms with Gasteiger partial charge in [-0.2, -0.15) is 0 Å². The van der Waals surface area contributed by atoms with Crippen LogP contribution in [0.3, 0.4) is 0 Å². The Balaban J connectivity index is 1.06. The second-order valence-electron chi connectivity index (χ2n) is 10.6. The van der Waals surface area contributed by atoms with Crippen LogP contribution in [0.15, 0.2) is 84.9 Å². The molecule has 3 aromatic carbocycles. The van der Waals surface area contributed by atoms with Gasteiger partial charge in [0, 0.05) is 11.3 Å². The molecular formula is C31H26N2O4. The maximum atomic E-state index is 13.4. The first-order chi connectivity index (χ1) is 18.0. The molecule has 1 aliphatic heterocycles. The molecule has 1 saturated heterocycles. The lowest BCUT2D eigenvalue weighted by Gasteiger charge is -2.37. The van der Waals surface area contributed by atoms with Crippen LogP contribution in [0.4, 0.5) is 11.4 Å². The lowest BCUT2D eigenvalue weighted by Crippen LogP contribution is -2.40. The molecule has 5 aliphatic rings. The maximum Gasteiger partial charge on any atom is 0.255 e. The number of carbonyl (C=O) groups is 3. The third-order valence-corrected chi connectivity index (χ3v) is 8.40. The molecule has 184 valence electrons. The van der Waals surface area contributed by atoms with Crippen molar-refractivity contribution in [3.63, 3.8) is 0 Å². The number of hydrogen-bond acceptors (Lipinski definition) is 4. The molecule has 0 radical (unpaired) electrons. The number of anilines is 2. The van der Waals surface area contributed by atoms with Crippen LogP contribution in [0.2, 0.25) is 0 Å². The Morgan fingerprint density at radius 3 is 2.05 bits per heavy atom. The number of amides is 3. The van der Waals surface area contributed by atoms with Gasteiger partial charge < -0.3 is 10.1 Å². The van der Waals surface area contributed by atoms with Crippen molar-refractivity contribution in [1.82, 2.24) is 0 Å². The highest BCUT2D eigenvalue weighted by Gasteiger charge is 2.67. The van der Waals surface area contributed by atoms with E-state index < -0.39 is 0 Å². The lowest BCUT2D eigenvalue weighted by atomic mass is 9.63. The molecule has 3 aromatic rings. The highest BCUT2D eigenvalue weighted by molar-refractivity contribution is 6.23. The third-order valence-electron chi connectivity index (χ3n) is 8.40. The number of hydrogen-bond donors (Lipinski definition) is 1. The van der Waals surface area contributed by atoms with Crippen LogP contribution >= 0.6 is 0 Å². The molecule has 6 nitrogen and oxygen atoms in total. The Morgan fingerprint density at radius 2 is 1.43 bits per heavy atom. The normalized spacial score (nSPS) is 28.6. The molecule has 1 heterocycles. The van der Waals surface area contributed by atoms with Crippen molar-refractivity contribution in [2.24, 2.45) is 35.5 Å². The molecule has 3 fully saturated rings. The summed E-state index contributed by atoms with van der Waals surface area (Å²) in [5.41, 5.74) is 2.63. The van der Waals surface area contributed by atoms with Crippen LogP contribution in [0.5, 0.6) is 11.5 Å². The molecule has 0 aromatic heterocycles. The Morgan fingerprint density at radius 1 is 0.838 bits per heavy atom. The smallest absolute Gasteiger partial charge is 0.255 e. The molecule has 2 saturated carbocycles. The van der Waals surface area contributed by atoms with Crippen LogP contribution < -0.4 is 15.0 Å². The van der Waals surface area contributed by atoms with Crippen LogP contribution in [0.25, 0.3) is 0 Å². The minimum atomic E-state index is -0.312. The summed E-state index contributed by atoms with van der Waals surface area (Å²) >= 11 is 0. The highest BCUT2D eigenvalue weighted by Crippen LogP contribution is 2.65. The summed E-state index contributed by atoms with van der Waals surface area (Å²) in [7, 11) is 0. The summed E-state index contributed by atoms with van der Waals surface area (Å²) in [5.74, 6) is 1.78. The van der Waals surface area contributed by atoms with Gasteiger partial charge in [-0.3, -0.25) is 14.4 Å². The Hall–Kier alpha value is -4.19. The molecule has 37 heavy (non-hydrogen) atoms. The van der Waals surface area contributed by atoms with E-state index in [-0.39, 0.29) is 41.4 Å². The fourth-order valence-electron chi connectivity index (χ4n) is 6.55. The summed E-state index contributed by atoms with van der Waals surface area (Å²) in [4.78, 5) is 41.2. The predicted molar refractivity (Wildman–Crippen MR) is 139 cm³/mol. The number of nitrogens with one attached hydrogen (secondary N) is 1. The number of imide groups is 1. The first kappa shape index (κ1) is 22.0. The summed E-state index contributed by atoms with van der Waals surface area (Å²) < 4.78 is 5.85. The van der Waals surface area contributed by atoms with Crippen LogP contribution in [-0.4, -0.2) is 17.7 Å². The summed E-state index contributed by atoms with van der Waals surface area (Å²) in [5, 5.41) is 2.89. The van der Waals surface area contributed by atoms with Gasteiger partial charge >= 0.3 is 0 Å². The molecule has 0 spiro atoms. The van der Waals surface area contributed by atoms with E-state index >= 15 is 0 Å². The number of benzene rings is 3. The van der Waals surface area contributed by atoms with Crippen LogP contribution in [-0.2, 0) is 9.59 Å². The fourth-order valence-corrected chi connectivity index (χ4v) is 6.55. The molecule has 4 aliphatic carbocycles. The van der Waals surface area contributed by atoms with E-state index in [2.05, 4.69) is 17.5 Å². The standard InChI is InChI=1S/C31H26N2O4/c1-17-5-9-21(10-6-17)37-22-11-7-19(8-12-22)32-29(34)18-3-2-4-20(15-18)33-30(35)27-23-13-14-24(26-16-25(23)26)28(27)31(33)36/h2-15,23-28H,16H2,1H3,(H,32,34)/t23-,24+,25-,26-,27+,28-/m1/s1. The zero-order valence-corrected chi connectivity index (χ0v) is 20.3. The van der Waals surface area contributed by atoms with E-state index in [1.165, 1.54) is 4.90 Å². The number of nitrogens with zero attached hydrogens (tertiary/aromatic N) is 1. The van der Waals surface area contributed by atoms with Crippen molar-refractivity contribution in [2.45, 2.75) is 13.3 Å². The average molecular weight is 491 g/mol. The van der Waals surface area contributed by atoms with E-state index in [0.29, 0.717) is 34.5 Å². The summed E-state index contributed by atoms with van der Waals surface area (Å²) in [6.45, 7) is 2.02. The van der Waals surface area contributed by atoms with Gasteiger partial charge in [0.1, 0.15) is 11.5 Å². The molecular weight excluding hydrogens is 464 g/mol. The van der Waals surface area contributed by atoms with Gasteiger partial charge in [0.05, 0.1) is 17.5 Å². The zero-order valence-electron chi connectivity index (χ0n) is 20.3. The quantitative estimate of drug-likeness (QED) is 0.373. The van der Waals surface area contributed by atoms with Crippen molar-refractivity contribution in [1.29, 1.82) is 0 Å². The number of rotatable bonds is 5. The predicted octanol–water partition coefficient (Wildman–Crippen LogP) is 5.60. The largest absolute Gasteiger partial charge is 0.457 e. The van der Waals surface area contributed by atoms with E-state index in [4.69, 9.17) is 4.74 Å². The fraction of sp³-hybridized carbons (Fsp3) is 0.258. The van der Waals surface area contributed by atoms with Crippen LogP contribution in [0, 0.1) is 42.4 Å². The Labute approximate surface area is 214 Å². The monoisotopic (exact) mass is 490 g/mol. The first-order valence-electron chi connectivity index (χ1n) is 12.8. The second-order valence-corrected chi connectivity index (χ2v) is 10.6. The van der Waals surface area contributed by atoms with Crippen molar-refractivity contribution >= 4 is 29.1 Å². The highest BCUT2D eigenvalue weighted by atomic mass is 16.5. The molecule has 1 N–H and O–H groups in total. The maximum absolute atomic E-state index is 13.4. The number of allylic oxidation sites excluding steroid dienone is 2. The topological polar surface area (TPSA) is 75.7 Å². The van der Waals surface area contributed by atoms with Gasteiger partial charge in [-0.25, -0.2) is 4.90 Å². The number of carbonyl (C=O) groups excluding carboxylic acids is 3. The van der Waals surface area contributed by atoms with E-state index in [0.717, 1.165) is 17.7 Å². The van der Waals surface area contributed by atoms with Gasteiger partial charge in [-0.1, -0.05) is 35.9 Å². The average Bonchev–Trinajstić information content (AvgIpc) is 3.69. The van der Waals surface area contributed by atoms with Gasteiger partial charge in [0.2, 0.25) is 11.8 Å². The summed E-state index contributed by atoms with van der Waals surface area (Å²) in [6.07, 6.45) is 5.45. The SMILES string of the molecule is Cc1ccc(Oc2ccc(NC(=O)c3cccc(N4C(=O)[C@@H]5[C@H]6C=C[C@H]([C@H]7C[C@H]67)[C@@H]5C4=O)c3)cc2)cc1. The van der Waals surface area contributed by atoms with Crippen molar-refractivity contribution in [3.05, 3.63) is 96.1 Å². The van der Waals surface area contributed by atoms with Gasteiger partial charge in [0.25, 0.3) is 5.91 Å². The van der Waals surface area contributed by atoms with Gasteiger partial charge in [-0.05, 0) is 91.6 Å². The van der Waals surface area contributed by atoms with E-state index in [1.54, 1.807) is 48.5 Å².